The van der Waals surface area contributed by atoms with Gasteiger partial charge in [0.05, 0.1) is 6.54 Å². The van der Waals surface area contributed by atoms with Crippen molar-refractivity contribution in [1.82, 2.24) is 5.32 Å². The van der Waals surface area contributed by atoms with E-state index in [1.807, 2.05) is 30.3 Å². The number of nitrogens with two attached hydrogens (primary N) is 1. The molecule has 0 saturated heterocycles. The SMILES string of the molecule is NC(CCC(=O)NC[C@H](O)C(=O)O)c1ccccc1. The van der Waals surface area contributed by atoms with Crippen LogP contribution < -0.4 is 11.1 Å². The molecule has 1 amide bonds. The summed E-state index contributed by atoms with van der Waals surface area (Å²) in [5, 5.41) is 19.8. The summed E-state index contributed by atoms with van der Waals surface area (Å²) < 4.78 is 0. The lowest BCUT2D eigenvalue weighted by molar-refractivity contribution is -0.146. The highest BCUT2D eigenvalue weighted by atomic mass is 16.4. The summed E-state index contributed by atoms with van der Waals surface area (Å²) >= 11 is 0. The van der Waals surface area contributed by atoms with Crippen LogP contribution in [0.5, 0.6) is 0 Å². The molecular formula is C13H18N2O4. The van der Waals surface area contributed by atoms with Crippen LogP contribution >= 0.6 is 0 Å². The topological polar surface area (TPSA) is 113 Å². The largest absolute Gasteiger partial charge is 0.479 e. The third-order valence-electron chi connectivity index (χ3n) is 2.69. The first-order valence-electron chi connectivity index (χ1n) is 5.99. The molecule has 6 nitrogen and oxygen atoms in total. The van der Waals surface area contributed by atoms with Crippen molar-refractivity contribution in [3.63, 3.8) is 0 Å². The number of carboxylic acid groups (broad SMARTS) is 1. The number of benzene rings is 1. The number of carboxylic acids is 1. The van der Waals surface area contributed by atoms with E-state index < -0.39 is 12.1 Å². The molecule has 104 valence electrons. The van der Waals surface area contributed by atoms with E-state index in [4.69, 9.17) is 15.9 Å². The molecule has 0 spiro atoms. The maximum Gasteiger partial charge on any atom is 0.334 e. The Morgan fingerprint density at radius 3 is 2.47 bits per heavy atom. The highest BCUT2D eigenvalue weighted by Crippen LogP contribution is 2.14. The Morgan fingerprint density at radius 2 is 1.89 bits per heavy atom. The molecule has 1 aromatic rings. The molecule has 2 atom stereocenters. The molecule has 0 radical (unpaired) electrons. The van der Waals surface area contributed by atoms with E-state index in [-0.39, 0.29) is 24.9 Å². The normalized spacial score (nSPS) is 13.6. The minimum atomic E-state index is -1.58. The van der Waals surface area contributed by atoms with Crippen molar-refractivity contribution in [3.05, 3.63) is 35.9 Å². The third-order valence-corrected chi connectivity index (χ3v) is 2.69. The van der Waals surface area contributed by atoms with Crippen molar-refractivity contribution in [2.45, 2.75) is 25.0 Å². The number of hydrogen-bond donors (Lipinski definition) is 4. The van der Waals surface area contributed by atoms with E-state index in [1.165, 1.54) is 0 Å². The molecule has 0 saturated carbocycles. The lowest BCUT2D eigenvalue weighted by Gasteiger charge is -2.12. The molecule has 1 aromatic carbocycles. The van der Waals surface area contributed by atoms with Gasteiger partial charge in [0.2, 0.25) is 5.91 Å². The first kappa shape index (κ1) is 15.1. The summed E-state index contributed by atoms with van der Waals surface area (Å²) in [5.74, 6) is -1.69. The highest BCUT2D eigenvalue weighted by Gasteiger charge is 2.14. The second kappa shape index (κ2) is 7.50. The monoisotopic (exact) mass is 266 g/mol. The predicted octanol–water partition coefficient (Wildman–Crippen LogP) is 0.0283. The zero-order valence-electron chi connectivity index (χ0n) is 10.5. The van der Waals surface area contributed by atoms with Crippen LogP contribution in [0.2, 0.25) is 0 Å². The molecule has 0 aliphatic rings. The zero-order valence-corrected chi connectivity index (χ0v) is 10.5. The molecule has 0 heterocycles. The van der Waals surface area contributed by atoms with E-state index in [2.05, 4.69) is 5.32 Å². The van der Waals surface area contributed by atoms with Crippen LogP contribution in [-0.2, 0) is 9.59 Å². The van der Waals surface area contributed by atoms with Gasteiger partial charge in [-0.3, -0.25) is 4.79 Å². The van der Waals surface area contributed by atoms with Crippen LogP contribution in [0.4, 0.5) is 0 Å². The molecular weight excluding hydrogens is 248 g/mol. The summed E-state index contributed by atoms with van der Waals surface area (Å²) in [5.41, 5.74) is 6.87. The Balaban J connectivity index is 2.29. The van der Waals surface area contributed by atoms with Gasteiger partial charge in [0.25, 0.3) is 0 Å². The van der Waals surface area contributed by atoms with Gasteiger partial charge in [-0.15, -0.1) is 0 Å². The molecule has 1 rings (SSSR count). The Bertz CT molecular complexity index is 422. The lowest BCUT2D eigenvalue weighted by Crippen LogP contribution is -2.36. The molecule has 0 aromatic heterocycles. The van der Waals surface area contributed by atoms with Gasteiger partial charge in [-0.25, -0.2) is 4.79 Å². The van der Waals surface area contributed by atoms with Crippen LogP contribution in [0.1, 0.15) is 24.4 Å². The molecule has 0 fully saturated rings. The van der Waals surface area contributed by atoms with Crippen LogP contribution in [0, 0.1) is 0 Å². The van der Waals surface area contributed by atoms with Crippen LogP contribution in [0.15, 0.2) is 30.3 Å². The molecule has 0 bridgehead atoms. The molecule has 0 aliphatic carbocycles. The van der Waals surface area contributed by atoms with Crippen LogP contribution in [0.25, 0.3) is 0 Å². The number of aliphatic hydroxyl groups excluding tert-OH is 1. The fraction of sp³-hybridized carbons (Fsp3) is 0.385. The third kappa shape index (κ3) is 5.50. The predicted molar refractivity (Wildman–Crippen MR) is 69.3 cm³/mol. The van der Waals surface area contributed by atoms with Crippen molar-refractivity contribution < 1.29 is 19.8 Å². The van der Waals surface area contributed by atoms with Gasteiger partial charge in [0, 0.05) is 12.5 Å². The summed E-state index contributed by atoms with van der Waals surface area (Å²) in [6, 6.07) is 9.16. The quantitative estimate of drug-likeness (QED) is 0.556. The Morgan fingerprint density at radius 1 is 1.26 bits per heavy atom. The standard InChI is InChI=1S/C13H18N2O4/c14-10(9-4-2-1-3-5-9)6-7-12(17)15-8-11(16)13(18)19/h1-5,10-11,16H,6-8,14H2,(H,15,17)(H,18,19)/t10?,11-/m0/s1. The smallest absolute Gasteiger partial charge is 0.334 e. The van der Waals surface area contributed by atoms with Crippen molar-refractivity contribution in [2.24, 2.45) is 5.73 Å². The summed E-state index contributed by atoms with van der Waals surface area (Å²) in [7, 11) is 0. The first-order valence-corrected chi connectivity index (χ1v) is 5.99. The first-order chi connectivity index (χ1) is 9.00. The molecule has 19 heavy (non-hydrogen) atoms. The molecule has 0 aliphatic heterocycles. The number of aliphatic carboxylic acids is 1. The van der Waals surface area contributed by atoms with Gasteiger partial charge in [-0.05, 0) is 12.0 Å². The van der Waals surface area contributed by atoms with E-state index in [0.717, 1.165) is 5.56 Å². The maximum absolute atomic E-state index is 11.4. The number of carbonyl (C=O) groups excluding carboxylic acids is 1. The van der Waals surface area contributed by atoms with Crippen molar-refractivity contribution >= 4 is 11.9 Å². The fourth-order valence-corrected chi connectivity index (χ4v) is 1.54. The number of rotatable bonds is 7. The summed E-state index contributed by atoms with van der Waals surface area (Å²) in [4.78, 5) is 21.8. The zero-order chi connectivity index (χ0) is 14.3. The second-order valence-electron chi connectivity index (χ2n) is 4.21. The Hall–Kier alpha value is -1.92. The number of hydrogen-bond acceptors (Lipinski definition) is 4. The van der Waals surface area contributed by atoms with Gasteiger partial charge >= 0.3 is 5.97 Å². The van der Waals surface area contributed by atoms with E-state index in [1.54, 1.807) is 0 Å². The van der Waals surface area contributed by atoms with Gasteiger partial charge in [-0.2, -0.15) is 0 Å². The summed E-state index contributed by atoms with van der Waals surface area (Å²) in [6.45, 7) is -0.297. The molecule has 5 N–H and O–H groups in total. The van der Waals surface area contributed by atoms with Crippen molar-refractivity contribution in [2.75, 3.05) is 6.54 Å². The number of amides is 1. The Kier molecular flexibility index (Phi) is 5.98. The minimum absolute atomic E-state index is 0.183. The minimum Gasteiger partial charge on any atom is -0.479 e. The summed E-state index contributed by atoms with van der Waals surface area (Å²) in [6.07, 6.45) is -0.937. The maximum atomic E-state index is 11.4. The van der Waals surface area contributed by atoms with Gasteiger partial charge in [-0.1, -0.05) is 30.3 Å². The average Bonchev–Trinajstić information content (AvgIpc) is 2.42. The fourth-order valence-electron chi connectivity index (χ4n) is 1.54. The van der Waals surface area contributed by atoms with Gasteiger partial charge in [0.15, 0.2) is 6.10 Å². The van der Waals surface area contributed by atoms with E-state index >= 15 is 0 Å². The number of carbonyl (C=O) groups is 2. The average molecular weight is 266 g/mol. The highest BCUT2D eigenvalue weighted by molar-refractivity contribution is 5.78. The van der Waals surface area contributed by atoms with Crippen molar-refractivity contribution in [3.8, 4) is 0 Å². The van der Waals surface area contributed by atoms with Gasteiger partial charge < -0.3 is 21.3 Å². The molecule has 6 heteroatoms. The van der Waals surface area contributed by atoms with Gasteiger partial charge in [0.1, 0.15) is 0 Å². The van der Waals surface area contributed by atoms with E-state index in [9.17, 15) is 9.59 Å². The van der Waals surface area contributed by atoms with Crippen molar-refractivity contribution in [1.29, 1.82) is 0 Å². The lowest BCUT2D eigenvalue weighted by atomic mass is 10.0. The van der Waals surface area contributed by atoms with E-state index in [0.29, 0.717) is 6.42 Å². The van der Waals surface area contributed by atoms with Crippen LogP contribution in [0.3, 0.4) is 0 Å². The number of nitrogens with one attached hydrogen (secondary N) is 1. The Labute approximate surface area is 111 Å². The number of aliphatic hydroxyl groups is 1. The molecule has 1 unspecified atom stereocenters. The second-order valence-corrected chi connectivity index (χ2v) is 4.21. The van der Waals surface area contributed by atoms with Crippen LogP contribution in [-0.4, -0.2) is 34.7 Å².